The van der Waals surface area contributed by atoms with Crippen LogP contribution < -0.4 is 9.47 Å². The molecule has 7 nitrogen and oxygen atoms in total. The fourth-order valence-electron chi connectivity index (χ4n) is 2.72. The van der Waals surface area contributed by atoms with Gasteiger partial charge in [0.25, 0.3) is 0 Å². The van der Waals surface area contributed by atoms with Gasteiger partial charge in [-0.1, -0.05) is 40.5 Å². The van der Waals surface area contributed by atoms with E-state index in [-0.39, 0.29) is 0 Å². The lowest BCUT2D eigenvalue weighted by atomic mass is 10.2. The average Bonchev–Trinajstić information content (AvgIpc) is 3.12. The van der Waals surface area contributed by atoms with Crippen LogP contribution in [0.1, 0.15) is 0 Å². The fraction of sp³-hybridized carbons (Fsp3) is 0.0500. The Labute approximate surface area is 175 Å². The molecule has 0 fully saturated rings. The summed E-state index contributed by atoms with van der Waals surface area (Å²) in [7, 11) is 0. The summed E-state index contributed by atoms with van der Waals surface area (Å²) in [5, 5.41) is 18.1. The number of ether oxygens (including phenoxy) is 2. The van der Waals surface area contributed by atoms with Crippen LogP contribution in [0.3, 0.4) is 0 Å². The summed E-state index contributed by atoms with van der Waals surface area (Å²) in [6.45, 7) is -0.465. The van der Waals surface area contributed by atoms with Crippen molar-refractivity contribution in [2.75, 3.05) is 6.61 Å². The highest BCUT2D eigenvalue weighted by atomic mass is 35.5. The lowest BCUT2D eigenvalue weighted by Crippen LogP contribution is -2.11. The van der Waals surface area contributed by atoms with Gasteiger partial charge in [0.05, 0.1) is 10.5 Å². The van der Waals surface area contributed by atoms with E-state index < -0.39 is 12.6 Å². The predicted molar refractivity (Wildman–Crippen MR) is 109 cm³/mol. The first-order chi connectivity index (χ1) is 14.0. The number of aromatic nitrogens is 3. The van der Waals surface area contributed by atoms with Gasteiger partial charge in [-0.05, 0) is 42.5 Å². The molecule has 0 saturated heterocycles. The fourth-order valence-corrected chi connectivity index (χ4v) is 3.17. The Balaban J connectivity index is 1.72. The van der Waals surface area contributed by atoms with E-state index in [2.05, 4.69) is 10.3 Å². The monoisotopic (exact) mass is 429 g/mol. The number of carboxylic acids is 1. The van der Waals surface area contributed by atoms with Crippen molar-refractivity contribution in [3.8, 4) is 22.9 Å². The molecule has 9 heteroatoms. The number of carboxylic acid groups (broad SMARTS) is 1. The topological polar surface area (TPSA) is 86.5 Å². The second-order valence-corrected chi connectivity index (χ2v) is 6.82. The van der Waals surface area contributed by atoms with Gasteiger partial charge in [0.15, 0.2) is 6.61 Å². The van der Waals surface area contributed by atoms with Crippen molar-refractivity contribution in [1.82, 2.24) is 15.0 Å². The first-order valence-electron chi connectivity index (χ1n) is 8.43. The van der Waals surface area contributed by atoms with Crippen molar-refractivity contribution < 1.29 is 19.4 Å². The number of hydrogen-bond acceptors (Lipinski definition) is 5. The highest BCUT2D eigenvalue weighted by Gasteiger charge is 2.14. The van der Waals surface area contributed by atoms with Gasteiger partial charge < -0.3 is 14.6 Å². The molecule has 1 aromatic heterocycles. The minimum absolute atomic E-state index is 0.369. The number of aliphatic carboxylic acids is 1. The van der Waals surface area contributed by atoms with Crippen LogP contribution in [0.2, 0.25) is 10.0 Å². The van der Waals surface area contributed by atoms with Gasteiger partial charge in [-0.3, -0.25) is 0 Å². The van der Waals surface area contributed by atoms with Gasteiger partial charge in [-0.2, -0.15) is 0 Å². The van der Waals surface area contributed by atoms with Crippen LogP contribution in [-0.4, -0.2) is 32.7 Å². The van der Waals surface area contributed by atoms with E-state index in [1.807, 2.05) is 0 Å². The number of fused-ring (bicyclic) bond motifs is 1. The maximum Gasteiger partial charge on any atom is 0.341 e. The summed E-state index contributed by atoms with van der Waals surface area (Å²) >= 11 is 12.1. The van der Waals surface area contributed by atoms with Crippen molar-refractivity contribution in [1.29, 1.82) is 0 Å². The van der Waals surface area contributed by atoms with Gasteiger partial charge in [0, 0.05) is 11.1 Å². The Bertz CT molecular complexity index is 1210. The molecule has 0 radical (unpaired) electrons. The molecular weight excluding hydrogens is 417 g/mol. The van der Waals surface area contributed by atoms with E-state index in [1.165, 1.54) is 0 Å². The number of benzene rings is 3. The van der Waals surface area contributed by atoms with Crippen LogP contribution in [0.25, 0.3) is 16.7 Å². The maximum atomic E-state index is 10.9. The van der Waals surface area contributed by atoms with Crippen LogP contribution in [0, 0.1) is 0 Å². The van der Waals surface area contributed by atoms with Crippen LogP contribution >= 0.6 is 23.2 Å². The van der Waals surface area contributed by atoms with Crippen molar-refractivity contribution >= 4 is 40.2 Å². The van der Waals surface area contributed by atoms with Crippen molar-refractivity contribution in [3.05, 3.63) is 70.7 Å². The summed E-state index contributed by atoms with van der Waals surface area (Å²) in [6, 6.07) is 17.2. The van der Waals surface area contributed by atoms with Crippen molar-refractivity contribution in [2.45, 2.75) is 0 Å². The molecule has 146 valence electrons. The molecule has 0 unspecified atom stereocenters. The molecule has 0 aliphatic carbocycles. The van der Waals surface area contributed by atoms with Crippen molar-refractivity contribution in [3.63, 3.8) is 0 Å². The number of halogens is 2. The Morgan fingerprint density at radius 1 is 1.03 bits per heavy atom. The smallest absolute Gasteiger partial charge is 0.341 e. The molecule has 0 spiro atoms. The molecule has 4 aromatic rings. The van der Waals surface area contributed by atoms with Gasteiger partial charge >= 0.3 is 5.97 Å². The third-order valence-electron chi connectivity index (χ3n) is 3.98. The third kappa shape index (κ3) is 4.11. The second-order valence-electron chi connectivity index (χ2n) is 5.98. The zero-order chi connectivity index (χ0) is 20.4. The minimum atomic E-state index is -1.07. The third-order valence-corrected chi connectivity index (χ3v) is 4.51. The first kappa shape index (κ1) is 19.0. The van der Waals surface area contributed by atoms with E-state index in [4.69, 9.17) is 37.8 Å². The Hall–Kier alpha value is -3.29. The number of para-hydroxylation sites is 2. The molecule has 29 heavy (non-hydrogen) atoms. The number of nitrogens with zero attached hydrogens (tertiary/aromatic N) is 3. The molecule has 0 aliphatic rings. The molecule has 0 bridgehead atoms. The molecule has 3 aromatic carbocycles. The quantitative estimate of drug-likeness (QED) is 0.464. The average molecular weight is 430 g/mol. The molecule has 1 N–H and O–H groups in total. The summed E-state index contributed by atoms with van der Waals surface area (Å²) in [5.74, 6) is 0.279. The molecule has 4 rings (SSSR count). The zero-order valence-corrected chi connectivity index (χ0v) is 16.3. The SMILES string of the molecule is O=C(O)COc1ccccc1-n1nnc2ccc(Oc3ccc(Cl)cc3Cl)cc21. The van der Waals surface area contributed by atoms with E-state index >= 15 is 0 Å². The molecule has 0 amide bonds. The van der Waals surface area contributed by atoms with E-state index in [0.29, 0.717) is 44.0 Å². The molecule has 0 aliphatic heterocycles. The highest BCUT2D eigenvalue weighted by molar-refractivity contribution is 6.35. The zero-order valence-electron chi connectivity index (χ0n) is 14.8. The van der Waals surface area contributed by atoms with Crippen molar-refractivity contribution in [2.24, 2.45) is 0 Å². The molecule has 0 saturated carbocycles. The lowest BCUT2D eigenvalue weighted by molar-refractivity contribution is -0.139. The molecular formula is C20H13Cl2N3O4. The lowest BCUT2D eigenvalue weighted by Gasteiger charge is -2.11. The van der Waals surface area contributed by atoms with E-state index in [9.17, 15) is 4.79 Å². The van der Waals surface area contributed by atoms with E-state index in [1.54, 1.807) is 65.3 Å². The summed E-state index contributed by atoms with van der Waals surface area (Å²) in [5.41, 5.74) is 1.84. The highest BCUT2D eigenvalue weighted by Crippen LogP contribution is 2.33. The van der Waals surface area contributed by atoms with Crippen LogP contribution in [0.5, 0.6) is 17.2 Å². The number of hydrogen-bond donors (Lipinski definition) is 1. The van der Waals surface area contributed by atoms with Gasteiger partial charge in [-0.25, -0.2) is 9.48 Å². The van der Waals surface area contributed by atoms with Crippen LogP contribution in [-0.2, 0) is 4.79 Å². The van der Waals surface area contributed by atoms with Gasteiger partial charge in [-0.15, -0.1) is 5.10 Å². The number of rotatable bonds is 6. The summed E-state index contributed by atoms with van der Waals surface area (Å²) < 4.78 is 12.8. The number of carbonyl (C=O) groups is 1. The molecule has 0 atom stereocenters. The van der Waals surface area contributed by atoms with Gasteiger partial charge in [0.1, 0.15) is 28.5 Å². The Morgan fingerprint density at radius 3 is 2.66 bits per heavy atom. The minimum Gasteiger partial charge on any atom is -0.480 e. The van der Waals surface area contributed by atoms with Gasteiger partial charge in [0.2, 0.25) is 0 Å². The summed E-state index contributed by atoms with van der Waals surface area (Å²) in [6.07, 6.45) is 0. The maximum absolute atomic E-state index is 10.9. The largest absolute Gasteiger partial charge is 0.480 e. The van der Waals surface area contributed by atoms with E-state index in [0.717, 1.165) is 0 Å². The Kier molecular flexibility index (Phi) is 5.24. The first-order valence-corrected chi connectivity index (χ1v) is 9.19. The van der Waals surface area contributed by atoms with Crippen LogP contribution in [0.4, 0.5) is 0 Å². The van der Waals surface area contributed by atoms with Crippen LogP contribution in [0.15, 0.2) is 60.7 Å². The standard InChI is InChI=1S/C20H13Cl2N3O4/c21-12-5-8-18(14(22)9-12)29-13-6-7-15-17(10-13)25(24-23-15)16-3-1-2-4-19(16)28-11-20(26)27/h1-10H,11H2,(H,26,27). The normalized spacial score (nSPS) is 10.8. The second kappa shape index (κ2) is 7.98. The molecule has 1 heterocycles. The summed E-state index contributed by atoms with van der Waals surface area (Å²) in [4.78, 5) is 10.9. The predicted octanol–water partition coefficient (Wildman–Crippen LogP) is 4.98. The Morgan fingerprint density at radius 2 is 1.86 bits per heavy atom.